The summed E-state index contributed by atoms with van der Waals surface area (Å²) in [7, 11) is 0. The first kappa shape index (κ1) is 13.8. The molecule has 0 nitrogen and oxygen atoms in total. The molecule has 1 atom stereocenters. The fraction of sp³-hybridized carbons (Fsp3) is 1.00. The van der Waals surface area contributed by atoms with E-state index in [-0.39, 0.29) is 0 Å². The monoisotopic (exact) mass is 294 g/mol. The van der Waals surface area contributed by atoms with Gasteiger partial charge in [0.05, 0.1) is 0 Å². The van der Waals surface area contributed by atoms with E-state index in [1.165, 1.54) is 0 Å². The predicted octanol–water partition coefficient (Wildman–Crippen LogP) is 4.90. The molecule has 0 rings (SSSR count). The first-order chi connectivity index (χ1) is 5.71. The summed E-state index contributed by atoms with van der Waals surface area (Å²) in [5, 5.41) is 0.449. The number of rotatable bonds is 4. The van der Waals surface area contributed by atoms with Crippen molar-refractivity contribution in [1.82, 2.24) is 0 Å². The van der Waals surface area contributed by atoms with Crippen LogP contribution in [-0.4, -0.2) is 4.57 Å². The van der Waals surface area contributed by atoms with E-state index < -0.39 is 0 Å². The molecule has 0 aliphatic rings. The van der Waals surface area contributed by atoms with E-state index >= 15 is 0 Å². The first-order valence-electron chi connectivity index (χ1n) is 5.35. The summed E-state index contributed by atoms with van der Waals surface area (Å²) in [6.07, 6.45) is 0. The van der Waals surface area contributed by atoms with Crippen LogP contribution < -0.4 is 0 Å². The van der Waals surface area contributed by atoms with E-state index in [9.17, 15) is 0 Å². The standard InChI is InChI=1S/C11H24BI/c1-8(2)10(5)12(13)11(6,7)9(3)4/h8-10H,1-7H3. The second-order valence-electron chi connectivity index (χ2n) is 5.48. The van der Waals surface area contributed by atoms with E-state index in [1.54, 1.807) is 0 Å². The lowest BCUT2D eigenvalue weighted by Gasteiger charge is -2.37. The van der Waals surface area contributed by atoms with Gasteiger partial charge in [-0.3, -0.25) is 0 Å². The average molecular weight is 294 g/mol. The van der Waals surface area contributed by atoms with Gasteiger partial charge < -0.3 is 0 Å². The molecule has 0 aliphatic heterocycles. The maximum Gasteiger partial charge on any atom is 0.227 e. The molecule has 0 aromatic carbocycles. The van der Waals surface area contributed by atoms with Crippen LogP contribution in [0.15, 0.2) is 0 Å². The zero-order valence-electron chi connectivity index (χ0n) is 10.2. The molecule has 0 aromatic heterocycles. The normalized spacial score (nSPS) is 15.2. The molecule has 0 heterocycles. The maximum absolute atomic E-state index is 2.64. The molecule has 0 N–H and O–H groups in total. The molecule has 0 aromatic rings. The second-order valence-corrected chi connectivity index (χ2v) is 6.82. The van der Waals surface area contributed by atoms with Crippen LogP contribution in [-0.2, 0) is 0 Å². The second kappa shape index (κ2) is 5.04. The van der Waals surface area contributed by atoms with Crippen molar-refractivity contribution in [3.8, 4) is 0 Å². The van der Waals surface area contributed by atoms with Crippen LogP contribution in [0.1, 0.15) is 48.5 Å². The largest absolute Gasteiger partial charge is 0.227 e. The highest BCUT2D eigenvalue weighted by Crippen LogP contribution is 2.46. The lowest BCUT2D eigenvalue weighted by Crippen LogP contribution is -2.32. The van der Waals surface area contributed by atoms with Gasteiger partial charge in [-0.25, -0.2) is 0 Å². The van der Waals surface area contributed by atoms with Crippen LogP contribution in [0, 0.1) is 11.8 Å². The van der Waals surface area contributed by atoms with E-state index in [0.717, 1.165) is 22.2 Å². The Labute approximate surface area is 98.2 Å². The highest BCUT2D eigenvalue weighted by molar-refractivity contribution is 14.1. The molecule has 2 heteroatoms. The lowest BCUT2D eigenvalue weighted by atomic mass is 9.42. The highest BCUT2D eigenvalue weighted by atomic mass is 127. The Morgan fingerprint density at radius 3 is 1.62 bits per heavy atom. The van der Waals surface area contributed by atoms with Gasteiger partial charge in [-0.05, 0) is 11.2 Å². The molecule has 1 unspecified atom stereocenters. The van der Waals surface area contributed by atoms with Crippen LogP contribution >= 0.6 is 22.4 Å². The van der Waals surface area contributed by atoms with Crippen LogP contribution in [0.5, 0.6) is 0 Å². The summed E-state index contributed by atoms with van der Waals surface area (Å²) >= 11 is 2.64. The van der Waals surface area contributed by atoms with Crippen molar-refractivity contribution in [2.24, 2.45) is 11.8 Å². The third-order valence-corrected chi connectivity index (χ3v) is 6.45. The Morgan fingerprint density at radius 2 is 1.38 bits per heavy atom. The van der Waals surface area contributed by atoms with E-state index in [2.05, 4.69) is 70.8 Å². The molecule has 0 aliphatic carbocycles. The van der Waals surface area contributed by atoms with Gasteiger partial charge in [0.2, 0.25) is 4.57 Å². The van der Waals surface area contributed by atoms with E-state index in [4.69, 9.17) is 0 Å². The third-order valence-electron chi connectivity index (χ3n) is 3.71. The minimum atomic E-state index is 0.449. The number of hydrogen-bond acceptors (Lipinski definition) is 0. The van der Waals surface area contributed by atoms with Crippen LogP contribution in [0.25, 0.3) is 0 Å². The van der Waals surface area contributed by atoms with Gasteiger partial charge >= 0.3 is 0 Å². The topological polar surface area (TPSA) is 0 Å². The smallest absolute Gasteiger partial charge is 0.149 e. The summed E-state index contributed by atoms with van der Waals surface area (Å²) in [5.41, 5.74) is 0. The molecule has 13 heavy (non-hydrogen) atoms. The summed E-state index contributed by atoms with van der Waals surface area (Å²) < 4.78 is 0.769. The number of hydrogen-bond donors (Lipinski definition) is 0. The minimum Gasteiger partial charge on any atom is -0.149 e. The molecule has 0 saturated heterocycles. The first-order valence-corrected chi connectivity index (χ1v) is 6.59. The van der Waals surface area contributed by atoms with Gasteiger partial charge in [-0.1, -0.05) is 60.2 Å². The molecular formula is C11H24BI. The Kier molecular flexibility index (Phi) is 5.35. The van der Waals surface area contributed by atoms with Crippen molar-refractivity contribution in [1.29, 1.82) is 0 Å². The van der Waals surface area contributed by atoms with Crippen LogP contribution in [0.3, 0.4) is 0 Å². The SMILES string of the molecule is CC(C)C(C)B(I)C(C)(C)C(C)C. The Bertz CT molecular complexity index is 152. The average Bonchev–Trinajstić information content (AvgIpc) is 2.01. The molecule has 0 amide bonds. The van der Waals surface area contributed by atoms with Crippen LogP contribution in [0.4, 0.5) is 0 Å². The van der Waals surface area contributed by atoms with Gasteiger partial charge in [0.15, 0.2) is 0 Å². The lowest BCUT2D eigenvalue weighted by molar-refractivity contribution is 0.458. The molecule has 0 spiro atoms. The van der Waals surface area contributed by atoms with E-state index in [0.29, 0.717) is 5.31 Å². The van der Waals surface area contributed by atoms with Crippen molar-refractivity contribution in [2.45, 2.75) is 59.6 Å². The zero-order valence-corrected chi connectivity index (χ0v) is 12.3. The molecule has 0 fully saturated rings. The fourth-order valence-corrected chi connectivity index (χ4v) is 2.88. The summed E-state index contributed by atoms with van der Waals surface area (Å²) in [4.78, 5) is 0. The van der Waals surface area contributed by atoms with Gasteiger partial charge in [-0.2, -0.15) is 0 Å². The number of halogens is 1. The van der Waals surface area contributed by atoms with Gasteiger partial charge in [0.25, 0.3) is 0 Å². The molecule has 0 radical (unpaired) electrons. The predicted molar refractivity (Wildman–Crippen MR) is 72.9 cm³/mol. The fourth-order valence-electron chi connectivity index (χ4n) is 1.33. The Morgan fingerprint density at radius 1 is 1.00 bits per heavy atom. The minimum absolute atomic E-state index is 0.449. The summed E-state index contributed by atoms with van der Waals surface area (Å²) in [5.74, 6) is 2.36. The third kappa shape index (κ3) is 3.45. The zero-order chi connectivity index (χ0) is 10.8. The van der Waals surface area contributed by atoms with Gasteiger partial charge in [-0.15, -0.1) is 22.4 Å². The summed E-state index contributed by atoms with van der Waals surface area (Å²) in [6, 6.07) is 0. The maximum atomic E-state index is 2.64. The van der Waals surface area contributed by atoms with Crippen LogP contribution in [0.2, 0.25) is 11.1 Å². The van der Waals surface area contributed by atoms with Crippen molar-refractivity contribution in [2.75, 3.05) is 0 Å². The highest BCUT2D eigenvalue weighted by Gasteiger charge is 2.38. The van der Waals surface area contributed by atoms with Crippen molar-refractivity contribution >= 4 is 26.9 Å². The Hall–Kier alpha value is 0.795. The van der Waals surface area contributed by atoms with Gasteiger partial charge in [0, 0.05) is 0 Å². The molecule has 0 bridgehead atoms. The van der Waals surface area contributed by atoms with Crippen molar-refractivity contribution < 1.29 is 0 Å². The molecule has 78 valence electrons. The quantitative estimate of drug-likeness (QED) is 0.511. The van der Waals surface area contributed by atoms with Gasteiger partial charge in [0.1, 0.15) is 0 Å². The molecular weight excluding hydrogens is 270 g/mol. The molecule has 0 saturated carbocycles. The van der Waals surface area contributed by atoms with Crippen molar-refractivity contribution in [3.63, 3.8) is 0 Å². The summed E-state index contributed by atoms with van der Waals surface area (Å²) in [6.45, 7) is 16.5. The van der Waals surface area contributed by atoms with E-state index in [1.807, 2.05) is 0 Å². The van der Waals surface area contributed by atoms with Crippen molar-refractivity contribution in [3.05, 3.63) is 0 Å². The Balaban J connectivity index is 4.48.